The molecular weight excluding hydrogens is 216 g/mol. The second-order valence-electron chi connectivity index (χ2n) is 4.32. The van der Waals surface area contributed by atoms with Crippen molar-refractivity contribution in [3.63, 3.8) is 0 Å². The molecule has 1 aromatic carbocycles. The van der Waals surface area contributed by atoms with Crippen molar-refractivity contribution in [1.82, 2.24) is 4.90 Å². The molecule has 2 N–H and O–H groups in total. The third-order valence-corrected chi connectivity index (χ3v) is 3.59. The highest BCUT2D eigenvalue weighted by Crippen LogP contribution is 2.21. The van der Waals surface area contributed by atoms with Gasteiger partial charge >= 0.3 is 0 Å². The highest BCUT2D eigenvalue weighted by Gasteiger charge is 2.23. The monoisotopic (exact) mass is 234 g/mol. The van der Waals surface area contributed by atoms with E-state index in [1.54, 1.807) is 0 Å². The summed E-state index contributed by atoms with van der Waals surface area (Å²) >= 11 is 5.13. The summed E-state index contributed by atoms with van der Waals surface area (Å²) < 4.78 is 0. The van der Waals surface area contributed by atoms with Crippen LogP contribution in [-0.2, 0) is 13.0 Å². The second-order valence-corrected chi connectivity index (χ2v) is 4.79. The SMILES string of the molecule is CCC(C(N)=S)N1CCc2ccccc2C1. The van der Waals surface area contributed by atoms with Gasteiger partial charge in [0, 0.05) is 13.1 Å². The van der Waals surface area contributed by atoms with E-state index >= 15 is 0 Å². The van der Waals surface area contributed by atoms with E-state index in [2.05, 4.69) is 36.1 Å². The molecule has 1 aliphatic rings. The minimum Gasteiger partial charge on any atom is -0.392 e. The lowest BCUT2D eigenvalue weighted by Crippen LogP contribution is -2.45. The van der Waals surface area contributed by atoms with Crippen molar-refractivity contribution < 1.29 is 0 Å². The molecule has 0 aromatic heterocycles. The molecule has 16 heavy (non-hydrogen) atoms. The first kappa shape index (κ1) is 11.6. The molecule has 0 radical (unpaired) electrons. The number of rotatable bonds is 3. The van der Waals surface area contributed by atoms with Crippen LogP contribution in [0.25, 0.3) is 0 Å². The van der Waals surface area contributed by atoms with Gasteiger partial charge in [-0.3, -0.25) is 4.90 Å². The summed E-state index contributed by atoms with van der Waals surface area (Å²) in [7, 11) is 0. The number of benzene rings is 1. The van der Waals surface area contributed by atoms with Crippen LogP contribution in [-0.4, -0.2) is 22.5 Å². The molecule has 1 aliphatic heterocycles. The standard InChI is InChI=1S/C13H18N2S/c1-2-12(13(14)16)15-8-7-10-5-3-4-6-11(10)9-15/h3-6,12H,2,7-9H2,1H3,(H2,14,16). The van der Waals surface area contributed by atoms with E-state index in [4.69, 9.17) is 18.0 Å². The Hall–Kier alpha value is -0.930. The van der Waals surface area contributed by atoms with E-state index < -0.39 is 0 Å². The van der Waals surface area contributed by atoms with Gasteiger partial charge < -0.3 is 5.73 Å². The Balaban J connectivity index is 2.15. The summed E-state index contributed by atoms with van der Waals surface area (Å²) in [6, 6.07) is 8.88. The molecule has 1 atom stereocenters. The van der Waals surface area contributed by atoms with Gasteiger partial charge in [-0.1, -0.05) is 43.4 Å². The topological polar surface area (TPSA) is 29.3 Å². The molecule has 1 unspecified atom stereocenters. The van der Waals surface area contributed by atoms with Crippen LogP contribution in [0.3, 0.4) is 0 Å². The summed E-state index contributed by atoms with van der Waals surface area (Å²) in [5, 5.41) is 0. The fourth-order valence-corrected chi connectivity index (χ4v) is 2.74. The molecule has 1 aromatic rings. The molecular formula is C13H18N2S. The number of nitrogens with two attached hydrogens (primary N) is 1. The Morgan fingerprint density at radius 1 is 1.44 bits per heavy atom. The Kier molecular flexibility index (Phi) is 3.56. The lowest BCUT2D eigenvalue weighted by Gasteiger charge is -2.34. The fourth-order valence-electron chi connectivity index (χ4n) is 2.42. The predicted molar refractivity (Wildman–Crippen MR) is 71.4 cm³/mol. The van der Waals surface area contributed by atoms with Crippen LogP contribution in [0.4, 0.5) is 0 Å². The largest absolute Gasteiger partial charge is 0.392 e. The van der Waals surface area contributed by atoms with Crippen molar-refractivity contribution in [2.75, 3.05) is 6.54 Å². The smallest absolute Gasteiger partial charge is 0.0902 e. The van der Waals surface area contributed by atoms with Crippen molar-refractivity contribution in [2.45, 2.75) is 32.4 Å². The molecule has 0 spiro atoms. The Bertz CT molecular complexity index is 389. The molecule has 2 nitrogen and oxygen atoms in total. The first-order valence-electron chi connectivity index (χ1n) is 5.82. The zero-order valence-electron chi connectivity index (χ0n) is 9.65. The zero-order chi connectivity index (χ0) is 11.5. The number of thiocarbonyl (C=S) groups is 1. The third-order valence-electron chi connectivity index (χ3n) is 3.32. The van der Waals surface area contributed by atoms with Crippen LogP contribution >= 0.6 is 12.2 Å². The van der Waals surface area contributed by atoms with Gasteiger partial charge in [-0.15, -0.1) is 0 Å². The average Bonchev–Trinajstić information content (AvgIpc) is 2.29. The quantitative estimate of drug-likeness (QED) is 0.812. The zero-order valence-corrected chi connectivity index (χ0v) is 10.5. The maximum atomic E-state index is 5.79. The Labute approximate surface area is 102 Å². The van der Waals surface area contributed by atoms with Crippen molar-refractivity contribution in [2.24, 2.45) is 5.73 Å². The van der Waals surface area contributed by atoms with Gasteiger partial charge in [-0.25, -0.2) is 0 Å². The lowest BCUT2D eigenvalue weighted by molar-refractivity contribution is 0.219. The highest BCUT2D eigenvalue weighted by atomic mass is 32.1. The van der Waals surface area contributed by atoms with Crippen molar-refractivity contribution in [3.05, 3.63) is 35.4 Å². The third kappa shape index (κ3) is 2.25. The summed E-state index contributed by atoms with van der Waals surface area (Å²) in [6.45, 7) is 4.18. The van der Waals surface area contributed by atoms with E-state index in [1.165, 1.54) is 11.1 Å². The maximum Gasteiger partial charge on any atom is 0.0902 e. The van der Waals surface area contributed by atoms with E-state index in [9.17, 15) is 0 Å². The Morgan fingerprint density at radius 2 is 2.12 bits per heavy atom. The maximum absolute atomic E-state index is 5.79. The van der Waals surface area contributed by atoms with E-state index in [0.29, 0.717) is 4.99 Å². The molecule has 0 bridgehead atoms. The van der Waals surface area contributed by atoms with Crippen LogP contribution in [0, 0.1) is 0 Å². The first-order chi connectivity index (χ1) is 7.72. The summed E-state index contributed by atoms with van der Waals surface area (Å²) in [5.74, 6) is 0. The molecule has 0 saturated carbocycles. The van der Waals surface area contributed by atoms with Gasteiger partial charge in [0.2, 0.25) is 0 Å². The average molecular weight is 234 g/mol. The summed E-state index contributed by atoms with van der Waals surface area (Å²) in [6.07, 6.45) is 2.10. The molecule has 0 amide bonds. The van der Waals surface area contributed by atoms with Gasteiger partial charge in [0.15, 0.2) is 0 Å². The predicted octanol–water partition coefficient (Wildman–Crippen LogP) is 2.11. The number of hydrogen-bond acceptors (Lipinski definition) is 2. The molecule has 0 saturated heterocycles. The normalized spacial score (nSPS) is 17.8. The molecule has 2 rings (SSSR count). The van der Waals surface area contributed by atoms with Crippen LogP contribution in [0.15, 0.2) is 24.3 Å². The van der Waals surface area contributed by atoms with Gasteiger partial charge in [0.1, 0.15) is 0 Å². The first-order valence-corrected chi connectivity index (χ1v) is 6.23. The van der Waals surface area contributed by atoms with Crippen LogP contribution in [0.2, 0.25) is 0 Å². The summed E-state index contributed by atoms with van der Waals surface area (Å²) in [4.78, 5) is 3.02. The van der Waals surface area contributed by atoms with Gasteiger partial charge in [-0.05, 0) is 24.0 Å². The number of fused-ring (bicyclic) bond motifs is 1. The molecule has 3 heteroatoms. The molecule has 1 heterocycles. The van der Waals surface area contributed by atoms with Gasteiger partial charge in [0.05, 0.1) is 11.0 Å². The molecule has 0 aliphatic carbocycles. The van der Waals surface area contributed by atoms with Crippen molar-refractivity contribution in [1.29, 1.82) is 0 Å². The van der Waals surface area contributed by atoms with Crippen LogP contribution in [0.1, 0.15) is 24.5 Å². The van der Waals surface area contributed by atoms with E-state index in [0.717, 1.165) is 25.9 Å². The highest BCUT2D eigenvalue weighted by molar-refractivity contribution is 7.80. The Morgan fingerprint density at radius 3 is 2.75 bits per heavy atom. The number of hydrogen-bond donors (Lipinski definition) is 1. The minimum absolute atomic E-state index is 0.253. The molecule has 0 fully saturated rings. The summed E-state index contributed by atoms with van der Waals surface area (Å²) in [5.41, 5.74) is 8.68. The van der Waals surface area contributed by atoms with Crippen molar-refractivity contribution in [3.8, 4) is 0 Å². The van der Waals surface area contributed by atoms with Gasteiger partial charge in [0.25, 0.3) is 0 Å². The van der Waals surface area contributed by atoms with Crippen LogP contribution in [0.5, 0.6) is 0 Å². The number of nitrogens with zero attached hydrogens (tertiary/aromatic N) is 1. The lowest BCUT2D eigenvalue weighted by atomic mass is 9.98. The molecule has 86 valence electrons. The fraction of sp³-hybridized carbons (Fsp3) is 0.462. The van der Waals surface area contributed by atoms with Crippen LogP contribution < -0.4 is 5.73 Å². The second kappa shape index (κ2) is 4.93. The van der Waals surface area contributed by atoms with E-state index in [-0.39, 0.29) is 6.04 Å². The van der Waals surface area contributed by atoms with Crippen molar-refractivity contribution >= 4 is 17.2 Å². The van der Waals surface area contributed by atoms with Gasteiger partial charge in [-0.2, -0.15) is 0 Å². The van der Waals surface area contributed by atoms with E-state index in [1.807, 2.05) is 0 Å². The minimum atomic E-state index is 0.253.